The van der Waals surface area contributed by atoms with Crippen LogP contribution in [0.3, 0.4) is 0 Å². The van der Waals surface area contributed by atoms with Gasteiger partial charge in [0.25, 0.3) is 5.91 Å². The molecule has 1 aromatic heterocycles. The SMILES string of the molecule is CCOC(=O)C1(NC(=O)c2c(-c3ccc(Cl)cc3)c(C)c(C(F)(F)F)n2Cc2ccccc2)CC1. The average molecular weight is 505 g/mol. The minimum atomic E-state index is -4.73. The van der Waals surface area contributed by atoms with Gasteiger partial charge in [0, 0.05) is 17.1 Å². The fraction of sp³-hybridized carbons (Fsp3) is 0.308. The fourth-order valence-corrected chi connectivity index (χ4v) is 4.42. The number of carbonyl (C=O) groups excluding carboxylic acids is 2. The first-order valence-corrected chi connectivity index (χ1v) is 11.5. The predicted octanol–water partition coefficient (Wildman–Crippen LogP) is 6.01. The van der Waals surface area contributed by atoms with Gasteiger partial charge in [-0.25, -0.2) is 4.79 Å². The molecule has 3 aromatic rings. The van der Waals surface area contributed by atoms with Gasteiger partial charge in [0.2, 0.25) is 0 Å². The summed E-state index contributed by atoms with van der Waals surface area (Å²) < 4.78 is 49.2. The number of carbonyl (C=O) groups is 2. The summed E-state index contributed by atoms with van der Waals surface area (Å²) >= 11 is 6.00. The average Bonchev–Trinajstić information content (AvgIpc) is 3.52. The number of halogens is 4. The number of nitrogens with zero attached hydrogens (tertiary/aromatic N) is 1. The van der Waals surface area contributed by atoms with Crippen molar-refractivity contribution in [1.29, 1.82) is 0 Å². The second kappa shape index (κ2) is 9.41. The highest BCUT2D eigenvalue weighted by molar-refractivity contribution is 6.30. The van der Waals surface area contributed by atoms with Crippen LogP contribution < -0.4 is 5.32 Å². The number of amides is 1. The largest absolute Gasteiger partial charge is 0.464 e. The molecule has 0 spiro atoms. The standard InChI is InChI=1S/C26H24ClF3N2O3/c1-3-35-24(34)25(13-14-25)31-23(33)21-20(18-9-11-19(27)12-10-18)16(2)22(26(28,29)30)32(21)15-17-7-5-4-6-8-17/h4-12H,3,13-15H2,1-2H3,(H,31,33). The van der Waals surface area contributed by atoms with Crippen LogP contribution in [-0.2, 0) is 22.3 Å². The molecule has 1 saturated carbocycles. The van der Waals surface area contributed by atoms with Gasteiger partial charge >= 0.3 is 12.1 Å². The van der Waals surface area contributed by atoms with Crippen LogP contribution in [0.5, 0.6) is 0 Å². The molecule has 1 amide bonds. The molecular formula is C26H24ClF3N2O3. The van der Waals surface area contributed by atoms with Crippen LogP contribution in [0, 0.1) is 6.92 Å². The van der Waals surface area contributed by atoms with Crippen LogP contribution in [0.2, 0.25) is 5.02 Å². The van der Waals surface area contributed by atoms with Crippen molar-refractivity contribution >= 4 is 23.5 Å². The molecule has 0 unspecified atom stereocenters. The molecule has 5 nitrogen and oxygen atoms in total. The maximum absolute atomic E-state index is 14.4. The zero-order valence-electron chi connectivity index (χ0n) is 19.2. The van der Waals surface area contributed by atoms with Crippen LogP contribution in [0.1, 0.15) is 47.1 Å². The summed E-state index contributed by atoms with van der Waals surface area (Å²) in [5.41, 5.74) is -1.25. The van der Waals surface area contributed by atoms with E-state index in [1.807, 2.05) is 0 Å². The minimum Gasteiger partial charge on any atom is -0.464 e. The quantitative estimate of drug-likeness (QED) is 0.401. The Balaban J connectivity index is 1.91. The number of ether oxygens (including phenoxy) is 1. The smallest absolute Gasteiger partial charge is 0.431 e. The van der Waals surface area contributed by atoms with Crippen LogP contribution in [0.15, 0.2) is 54.6 Å². The number of alkyl halides is 3. The Labute approximate surface area is 205 Å². The van der Waals surface area contributed by atoms with Gasteiger partial charge in [0.05, 0.1) is 6.61 Å². The zero-order chi connectivity index (χ0) is 25.4. The Kier molecular flexibility index (Phi) is 6.68. The van der Waals surface area contributed by atoms with Crippen molar-refractivity contribution in [3.63, 3.8) is 0 Å². The Morgan fingerprint density at radius 3 is 2.26 bits per heavy atom. The molecule has 0 bridgehead atoms. The molecule has 1 heterocycles. The van der Waals surface area contributed by atoms with Crippen molar-refractivity contribution in [2.45, 2.75) is 44.9 Å². The monoisotopic (exact) mass is 504 g/mol. The van der Waals surface area contributed by atoms with Gasteiger partial charge in [-0.05, 0) is 55.5 Å². The number of esters is 1. The number of nitrogens with one attached hydrogen (secondary N) is 1. The van der Waals surface area contributed by atoms with E-state index < -0.39 is 29.3 Å². The summed E-state index contributed by atoms with van der Waals surface area (Å²) in [6, 6.07) is 14.9. The van der Waals surface area contributed by atoms with E-state index in [1.54, 1.807) is 61.5 Å². The van der Waals surface area contributed by atoms with E-state index in [9.17, 15) is 22.8 Å². The second-order valence-corrected chi connectivity index (χ2v) is 8.97. The first-order valence-electron chi connectivity index (χ1n) is 11.2. The molecule has 1 aliphatic rings. The molecule has 1 fully saturated rings. The van der Waals surface area contributed by atoms with Crippen LogP contribution in [0.25, 0.3) is 11.1 Å². The molecular weight excluding hydrogens is 481 g/mol. The molecule has 1 N–H and O–H groups in total. The van der Waals surface area contributed by atoms with Gasteiger partial charge in [-0.3, -0.25) is 4.79 Å². The van der Waals surface area contributed by atoms with E-state index in [0.717, 1.165) is 4.57 Å². The van der Waals surface area contributed by atoms with Crippen LogP contribution >= 0.6 is 11.6 Å². The first-order chi connectivity index (χ1) is 16.6. The highest BCUT2D eigenvalue weighted by Crippen LogP contribution is 2.43. The van der Waals surface area contributed by atoms with Crippen molar-refractivity contribution in [1.82, 2.24) is 9.88 Å². The Morgan fingerprint density at radius 2 is 1.71 bits per heavy atom. The lowest BCUT2D eigenvalue weighted by atomic mass is 10.00. The Hall–Kier alpha value is -3.26. The third-order valence-corrected chi connectivity index (χ3v) is 6.33. The topological polar surface area (TPSA) is 60.3 Å². The second-order valence-electron chi connectivity index (χ2n) is 8.53. The summed E-state index contributed by atoms with van der Waals surface area (Å²) in [4.78, 5) is 26.1. The van der Waals surface area contributed by atoms with Crippen molar-refractivity contribution in [2.24, 2.45) is 0 Å². The van der Waals surface area contributed by atoms with Crippen LogP contribution in [-0.4, -0.2) is 28.6 Å². The summed E-state index contributed by atoms with van der Waals surface area (Å²) in [6.07, 6.45) is -4.01. The minimum absolute atomic E-state index is 0.0816. The molecule has 9 heteroatoms. The van der Waals surface area contributed by atoms with Gasteiger partial charge < -0.3 is 14.6 Å². The van der Waals surface area contributed by atoms with E-state index in [1.165, 1.54) is 6.92 Å². The summed E-state index contributed by atoms with van der Waals surface area (Å²) in [5, 5.41) is 3.09. The molecule has 4 rings (SSSR count). The van der Waals surface area contributed by atoms with Gasteiger partial charge in [-0.1, -0.05) is 54.1 Å². The Bertz CT molecular complexity index is 1250. The summed E-state index contributed by atoms with van der Waals surface area (Å²) in [7, 11) is 0. The molecule has 0 atom stereocenters. The van der Waals surface area contributed by atoms with Gasteiger partial charge in [-0.15, -0.1) is 0 Å². The van der Waals surface area contributed by atoms with E-state index in [-0.39, 0.29) is 30.0 Å². The number of hydrogen-bond acceptors (Lipinski definition) is 3. The van der Waals surface area contributed by atoms with Crippen molar-refractivity contribution < 1.29 is 27.5 Å². The van der Waals surface area contributed by atoms with E-state index in [2.05, 4.69) is 5.32 Å². The Morgan fingerprint density at radius 1 is 1.09 bits per heavy atom. The molecule has 2 aromatic carbocycles. The normalized spacial score (nSPS) is 14.5. The molecule has 184 valence electrons. The maximum Gasteiger partial charge on any atom is 0.431 e. The maximum atomic E-state index is 14.4. The van der Waals surface area contributed by atoms with Gasteiger partial charge in [0.15, 0.2) is 0 Å². The number of aromatic nitrogens is 1. The molecule has 1 aliphatic carbocycles. The lowest BCUT2D eigenvalue weighted by molar-refractivity contribution is -0.147. The summed E-state index contributed by atoms with van der Waals surface area (Å²) in [6.45, 7) is 2.95. The third-order valence-electron chi connectivity index (χ3n) is 6.08. The van der Waals surface area contributed by atoms with Crippen molar-refractivity contribution in [3.05, 3.63) is 82.1 Å². The lowest BCUT2D eigenvalue weighted by Crippen LogP contribution is -2.45. The van der Waals surface area contributed by atoms with Crippen molar-refractivity contribution in [2.75, 3.05) is 6.61 Å². The number of benzene rings is 2. The van der Waals surface area contributed by atoms with E-state index in [0.29, 0.717) is 29.0 Å². The lowest BCUT2D eigenvalue weighted by Gasteiger charge is -2.19. The third kappa shape index (κ3) is 4.93. The number of rotatable bonds is 7. The highest BCUT2D eigenvalue weighted by atomic mass is 35.5. The number of hydrogen-bond donors (Lipinski definition) is 1. The van der Waals surface area contributed by atoms with Crippen LogP contribution in [0.4, 0.5) is 13.2 Å². The summed E-state index contributed by atoms with van der Waals surface area (Å²) in [5.74, 6) is -1.36. The predicted molar refractivity (Wildman–Crippen MR) is 126 cm³/mol. The van der Waals surface area contributed by atoms with E-state index in [4.69, 9.17) is 16.3 Å². The van der Waals surface area contributed by atoms with Gasteiger partial charge in [0.1, 0.15) is 16.9 Å². The van der Waals surface area contributed by atoms with Crippen molar-refractivity contribution in [3.8, 4) is 11.1 Å². The molecule has 0 aliphatic heterocycles. The van der Waals surface area contributed by atoms with Gasteiger partial charge in [-0.2, -0.15) is 13.2 Å². The zero-order valence-corrected chi connectivity index (χ0v) is 20.0. The highest BCUT2D eigenvalue weighted by Gasteiger charge is 2.53. The first kappa shape index (κ1) is 24.9. The van der Waals surface area contributed by atoms with E-state index >= 15 is 0 Å². The molecule has 0 radical (unpaired) electrons. The molecule has 35 heavy (non-hydrogen) atoms. The fourth-order valence-electron chi connectivity index (χ4n) is 4.29. The molecule has 0 saturated heterocycles.